The average molecular weight is 722 g/mol. The molecule has 9 aromatic carbocycles. The molecule has 0 aliphatic carbocycles. The Bertz CT molecular complexity index is 2790. The smallest absolute Gasteiger partial charge is 0.0253 e. The summed E-state index contributed by atoms with van der Waals surface area (Å²) >= 11 is 3.96. The molecule has 9 aromatic rings. The summed E-state index contributed by atoms with van der Waals surface area (Å²) < 4.78 is 1.09. The molecule has 0 saturated heterocycles. The Kier molecular flexibility index (Phi) is 7.22. The van der Waals surface area contributed by atoms with E-state index in [4.69, 9.17) is 0 Å². The zero-order valence-corrected chi connectivity index (χ0v) is 31.7. The van der Waals surface area contributed by atoms with Crippen molar-refractivity contribution in [1.82, 2.24) is 0 Å². The number of benzene rings is 9. The molecule has 0 aliphatic rings. The molecule has 0 nitrogen and oxygen atoms in total. The molecule has 0 bridgehead atoms. The molecular formula is C50H41Br. The Morgan fingerprint density at radius 3 is 1.37 bits per heavy atom. The summed E-state index contributed by atoms with van der Waals surface area (Å²) in [7, 11) is 0. The van der Waals surface area contributed by atoms with Gasteiger partial charge in [0.25, 0.3) is 0 Å². The summed E-state index contributed by atoms with van der Waals surface area (Å²) in [5.74, 6) is 0. The fourth-order valence-corrected chi connectivity index (χ4v) is 8.87. The van der Waals surface area contributed by atoms with Crippen molar-refractivity contribution in [2.45, 2.75) is 52.4 Å². The first-order valence-corrected chi connectivity index (χ1v) is 18.8. The minimum Gasteiger partial charge on any atom is -0.0622 e. The summed E-state index contributed by atoms with van der Waals surface area (Å²) in [5, 5.41) is 13.2. The summed E-state index contributed by atoms with van der Waals surface area (Å²) in [6.07, 6.45) is 0. The van der Waals surface area contributed by atoms with Crippen molar-refractivity contribution in [1.29, 1.82) is 0 Å². The standard InChI is InChI=1S/C50H41Br/c1-49(2,3)34-26-32-24-25-33-27-35(50(4,5)6)29-40-44(33)43(32)39(28-34)47-42(30-16-9-7-10-17-30)38-22-15-21-37(36-20-13-14-23-41(36)51)46(38)45(48(40)47)31-18-11-8-12-19-31/h7-29H,1-6H3. The first-order chi connectivity index (χ1) is 24.5. The van der Waals surface area contributed by atoms with Gasteiger partial charge in [-0.3, -0.25) is 0 Å². The minimum atomic E-state index is -0.0255. The van der Waals surface area contributed by atoms with Crippen molar-refractivity contribution >= 4 is 69.8 Å². The van der Waals surface area contributed by atoms with Crippen molar-refractivity contribution in [2.24, 2.45) is 0 Å². The molecule has 0 saturated carbocycles. The van der Waals surface area contributed by atoms with Crippen LogP contribution >= 0.6 is 15.9 Å². The van der Waals surface area contributed by atoms with E-state index in [0.717, 1.165) is 4.47 Å². The van der Waals surface area contributed by atoms with Crippen LogP contribution < -0.4 is 0 Å². The lowest BCUT2D eigenvalue weighted by Crippen LogP contribution is -2.12. The topological polar surface area (TPSA) is 0 Å². The highest BCUT2D eigenvalue weighted by Gasteiger charge is 2.28. The Hall–Kier alpha value is -4.98. The van der Waals surface area contributed by atoms with E-state index in [2.05, 4.69) is 197 Å². The van der Waals surface area contributed by atoms with Crippen LogP contribution in [0.25, 0.3) is 87.2 Å². The lowest BCUT2D eigenvalue weighted by Gasteiger charge is -2.28. The molecule has 9 rings (SSSR count). The fraction of sp³-hybridized carbons (Fsp3) is 0.160. The first-order valence-electron chi connectivity index (χ1n) is 18.1. The monoisotopic (exact) mass is 720 g/mol. The number of fused-ring (bicyclic) bond motifs is 4. The predicted octanol–water partition coefficient (Wildman–Crippen LogP) is 15.2. The zero-order valence-electron chi connectivity index (χ0n) is 30.2. The lowest BCUT2D eigenvalue weighted by atomic mass is 9.75. The molecule has 51 heavy (non-hydrogen) atoms. The highest BCUT2D eigenvalue weighted by atomic mass is 79.9. The van der Waals surface area contributed by atoms with Crippen LogP contribution in [-0.4, -0.2) is 0 Å². The maximum absolute atomic E-state index is 3.96. The van der Waals surface area contributed by atoms with E-state index in [1.54, 1.807) is 0 Å². The lowest BCUT2D eigenvalue weighted by molar-refractivity contribution is 0.591. The van der Waals surface area contributed by atoms with Crippen molar-refractivity contribution in [3.63, 3.8) is 0 Å². The molecule has 0 spiro atoms. The van der Waals surface area contributed by atoms with Crippen molar-refractivity contribution in [3.8, 4) is 33.4 Å². The minimum absolute atomic E-state index is 0.0189. The van der Waals surface area contributed by atoms with Crippen LogP contribution in [0, 0.1) is 0 Å². The van der Waals surface area contributed by atoms with Gasteiger partial charge in [-0.1, -0.05) is 179 Å². The van der Waals surface area contributed by atoms with Gasteiger partial charge in [-0.2, -0.15) is 0 Å². The summed E-state index contributed by atoms with van der Waals surface area (Å²) in [6, 6.07) is 52.5. The normalized spacial score (nSPS) is 12.6. The van der Waals surface area contributed by atoms with Gasteiger partial charge >= 0.3 is 0 Å². The Labute approximate surface area is 309 Å². The Balaban J connectivity index is 1.70. The molecule has 0 atom stereocenters. The maximum atomic E-state index is 3.96. The van der Waals surface area contributed by atoms with Gasteiger partial charge in [-0.25, -0.2) is 0 Å². The van der Waals surface area contributed by atoms with E-state index in [1.165, 1.54) is 98.4 Å². The number of rotatable bonds is 3. The van der Waals surface area contributed by atoms with Crippen LogP contribution in [0.3, 0.4) is 0 Å². The Morgan fingerprint density at radius 2 is 0.843 bits per heavy atom. The SMILES string of the molecule is CC(C)(C)c1cc2ccc3cc(C(C)(C)C)cc4c5c(-c6ccccc6)c6c(-c7ccccc7Br)cccc6c(-c6ccccc6)c5c(c1)c2c34. The third-order valence-corrected chi connectivity index (χ3v) is 11.6. The van der Waals surface area contributed by atoms with Crippen LogP contribution in [0.2, 0.25) is 0 Å². The molecule has 0 fully saturated rings. The number of hydrogen-bond acceptors (Lipinski definition) is 0. The van der Waals surface area contributed by atoms with Gasteiger partial charge in [0, 0.05) is 4.47 Å². The fourth-order valence-electron chi connectivity index (χ4n) is 8.37. The Morgan fingerprint density at radius 1 is 0.373 bits per heavy atom. The average Bonchev–Trinajstić information content (AvgIpc) is 3.12. The molecular weight excluding hydrogens is 680 g/mol. The largest absolute Gasteiger partial charge is 0.0622 e. The first kappa shape index (κ1) is 32.0. The van der Waals surface area contributed by atoms with E-state index in [1.807, 2.05) is 0 Å². The summed E-state index contributed by atoms with van der Waals surface area (Å²) in [5.41, 5.74) is 10.1. The van der Waals surface area contributed by atoms with Gasteiger partial charge in [0.05, 0.1) is 0 Å². The van der Waals surface area contributed by atoms with Crippen LogP contribution in [0.1, 0.15) is 52.7 Å². The van der Waals surface area contributed by atoms with E-state index < -0.39 is 0 Å². The molecule has 248 valence electrons. The molecule has 0 amide bonds. The van der Waals surface area contributed by atoms with Gasteiger partial charge < -0.3 is 0 Å². The predicted molar refractivity (Wildman–Crippen MR) is 227 cm³/mol. The second-order valence-electron chi connectivity index (χ2n) is 16.2. The van der Waals surface area contributed by atoms with Crippen LogP contribution in [-0.2, 0) is 10.8 Å². The number of hydrogen-bond donors (Lipinski definition) is 0. The van der Waals surface area contributed by atoms with Crippen LogP contribution in [0.4, 0.5) is 0 Å². The third kappa shape index (κ3) is 5.01. The molecule has 0 aromatic heterocycles. The third-order valence-electron chi connectivity index (χ3n) is 10.9. The molecule has 0 aliphatic heterocycles. The second-order valence-corrected chi connectivity index (χ2v) is 17.1. The van der Waals surface area contributed by atoms with Gasteiger partial charge in [0.15, 0.2) is 0 Å². The summed E-state index contributed by atoms with van der Waals surface area (Å²) in [6.45, 7) is 14.0. The van der Waals surface area contributed by atoms with E-state index in [0.29, 0.717) is 0 Å². The highest BCUT2D eigenvalue weighted by Crippen LogP contribution is 2.54. The number of halogens is 1. The highest BCUT2D eigenvalue weighted by molar-refractivity contribution is 9.10. The molecule has 0 unspecified atom stereocenters. The second kappa shape index (κ2) is 11.5. The quantitative estimate of drug-likeness (QED) is 0.126. The zero-order chi connectivity index (χ0) is 35.2. The molecule has 0 radical (unpaired) electrons. The van der Waals surface area contributed by atoms with Crippen molar-refractivity contribution < 1.29 is 0 Å². The maximum Gasteiger partial charge on any atom is 0.0253 e. The van der Waals surface area contributed by atoms with Crippen LogP contribution in [0.15, 0.2) is 144 Å². The molecule has 0 heterocycles. The van der Waals surface area contributed by atoms with E-state index >= 15 is 0 Å². The van der Waals surface area contributed by atoms with Crippen LogP contribution in [0.5, 0.6) is 0 Å². The van der Waals surface area contributed by atoms with Gasteiger partial charge in [-0.05, 0) is 127 Å². The van der Waals surface area contributed by atoms with Gasteiger partial charge in [0.2, 0.25) is 0 Å². The molecule has 0 N–H and O–H groups in total. The van der Waals surface area contributed by atoms with Crippen molar-refractivity contribution in [2.75, 3.05) is 0 Å². The summed E-state index contributed by atoms with van der Waals surface area (Å²) in [4.78, 5) is 0. The van der Waals surface area contributed by atoms with E-state index in [-0.39, 0.29) is 10.8 Å². The van der Waals surface area contributed by atoms with Crippen molar-refractivity contribution in [3.05, 3.63) is 155 Å². The van der Waals surface area contributed by atoms with E-state index in [9.17, 15) is 0 Å². The van der Waals surface area contributed by atoms with Gasteiger partial charge in [0.1, 0.15) is 0 Å². The molecule has 1 heteroatoms. The van der Waals surface area contributed by atoms with Gasteiger partial charge in [-0.15, -0.1) is 0 Å².